The van der Waals surface area contributed by atoms with Crippen LogP contribution in [0.1, 0.15) is 22.6 Å². The first-order chi connectivity index (χ1) is 16.8. The number of rotatable bonds is 4. The van der Waals surface area contributed by atoms with Crippen LogP contribution in [0.3, 0.4) is 0 Å². The summed E-state index contributed by atoms with van der Waals surface area (Å²) in [6.45, 7) is 0.0915. The van der Waals surface area contributed by atoms with Gasteiger partial charge in [0, 0.05) is 10.0 Å². The third-order valence-corrected chi connectivity index (χ3v) is 8.46. The lowest BCUT2D eigenvalue weighted by molar-refractivity contribution is 0.357. The summed E-state index contributed by atoms with van der Waals surface area (Å²) in [7, 11) is -2.55. The molecule has 0 saturated heterocycles. The topological polar surface area (TPSA) is 106 Å². The standard InChI is InChI=1S/C26H20BrN3O4S/c1-33-19-12-6-16(7-13-19)15-30-22-5-3-2-4-20(22)24-25(35(30,31)32)23(21(14-28)26(29)34-24)17-8-10-18(27)11-9-17/h2-13,23H,15,29H2,1H3. The van der Waals surface area contributed by atoms with Crippen molar-refractivity contribution in [2.75, 3.05) is 11.4 Å². The van der Waals surface area contributed by atoms with E-state index in [0.717, 1.165) is 10.0 Å². The van der Waals surface area contributed by atoms with Crippen molar-refractivity contribution in [1.29, 1.82) is 5.26 Å². The van der Waals surface area contributed by atoms with E-state index in [4.69, 9.17) is 15.2 Å². The van der Waals surface area contributed by atoms with Crippen molar-refractivity contribution >= 4 is 37.4 Å². The van der Waals surface area contributed by atoms with Gasteiger partial charge in [0.05, 0.1) is 25.3 Å². The van der Waals surface area contributed by atoms with Crippen LogP contribution in [0, 0.1) is 11.3 Å². The maximum Gasteiger partial charge on any atom is 0.265 e. The van der Waals surface area contributed by atoms with Crippen molar-refractivity contribution in [2.45, 2.75) is 12.5 Å². The molecule has 0 amide bonds. The monoisotopic (exact) mass is 549 g/mol. The normalized spacial score (nSPS) is 18.3. The van der Waals surface area contributed by atoms with E-state index in [1.807, 2.05) is 18.2 Å². The second-order valence-corrected chi connectivity index (χ2v) is 10.8. The first-order valence-corrected chi connectivity index (χ1v) is 12.9. The van der Waals surface area contributed by atoms with Crippen LogP contribution in [-0.4, -0.2) is 15.5 Å². The summed E-state index contributed by atoms with van der Waals surface area (Å²) in [6.07, 6.45) is 0. The van der Waals surface area contributed by atoms with Crippen molar-refractivity contribution in [3.63, 3.8) is 0 Å². The molecule has 2 heterocycles. The Morgan fingerprint density at radius 1 is 1.09 bits per heavy atom. The molecule has 3 aromatic rings. The number of allylic oxidation sites excluding steroid dienone is 2. The number of para-hydroxylation sites is 1. The minimum absolute atomic E-state index is 0.00205. The van der Waals surface area contributed by atoms with E-state index in [1.165, 1.54) is 4.31 Å². The summed E-state index contributed by atoms with van der Waals surface area (Å²) in [6, 6.07) is 23.6. The second-order valence-electron chi connectivity index (χ2n) is 8.05. The summed E-state index contributed by atoms with van der Waals surface area (Å²) in [5.41, 5.74) is 8.68. The number of halogens is 1. The van der Waals surface area contributed by atoms with Gasteiger partial charge >= 0.3 is 0 Å². The number of hydrogen-bond acceptors (Lipinski definition) is 6. The van der Waals surface area contributed by atoms with Crippen molar-refractivity contribution in [1.82, 2.24) is 0 Å². The van der Waals surface area contributed by atoms with Crippen molar-refractivity contribution in [3.05, 3.63) is 110 Å². The molecule has 0 bridgehead atoms. The number of anilines is 1. The van der Waals surface area contributed by atoms with E-state index >= 15 is 0 Å². The molecule has 9 heteroatoms. The molecule has 35 heavy (non-hydrogen) atoms. The fraction of sp³-hybridized carbons (Fsp3) is 0.115. The molecule has 3 aromatic carbocycles. The quantitative estimate of drug-likeness (QED) is 0.491. The van der Waals surface area contributed by atoms with Crippen LogP contribution < -0.4 is 14.8 Å². The van der Waals surface area contributed by atoms with Gasteiger partial charge in [-0.3, -0.25) is 4.31 Å². The summed E-state index contributed by atoms with van der Waals surface area (Å²) < 4.78 is 41.7. The van der Waals surface area contributed by atoms with Crippen LogP contribution >= 0.6 is 15.9 Å². The van der Waals surface area contributed by atoms with Crippen LogP contribution in [0.5, 0.6) is 5.75 Å². The van der Waals surface area contributed by atoms with Crippen molar-refractivity contribution in [3.8, 4) is 11.8 Å². The number of nitriles is 1. The molecular weight excluding hydrogens is 530 g/mol. The minimum Gasteiger partial charge on any atom is -0.497 e. The van der Waals surface area contributed by atoms with Crippen LogP contribution in [0.4, 0.5) is 5.69 Å². The number of ether oxygens (including phenoxy) is 2. The summed E-state index contributed by atoms with van der Waals surface area (Å²) >= 11 is 3.41. The number of benzene rings is 3. The Morgan fingerprint density at radius 2 is 1.77 bits per heavy atom. The molecule has 7 nitrogen and oxygen atoms in total. The van der Waals surface area contributed by atoms with Crippen molar-refractivity contribution < 1.29 is 17.9 Å². The molecule has 1 unspecified atom stereocenters. The van der Waals surface area contributed by atoms with Gasteiger partial charge in [-0.25, -0.2) is 8.42 Å². The molecule has 0 aliphatic carbocycles. The largest absolute Gasteiger partial charge is 0.497 e. The highest BCUT2D eigenvalue weighted by Crippen LogP contribution is 2.51. The minimum atomic E-state index is -4.12. The van der Waals surface area contributed by atoms with Gasteiger partial charge in [0.1, 0.15) is 22.3 Å². The van der Waals surface area contributed by atoms with E-state index in [-0.39, 0.29) is 28.7 Å². The van der Waals surface area contributed by atoms with E-state index in [9.17, 15) is 13.7 Å². The SMILES string of the molecule is COc1ccc(CN2c3ccccc3C3=C(C(c4ccc(Br)cc4)C(C#N)=C(N)O3)S2(=O)=O)cc1. The van der Waals surface area contributed by atoms with Gasteiger partial charge in [0.15, 0.2) is 5.76 Å². The molecule has 0 spiro atoms. The molecule has 0 aromatic heterocycles. The number of fused-ring (bicyclic) bond motifs is 2. The number of sulfonamides is 1. The zero-order valence-electron chi connectivity index (χ0n) is 18.6. The molecule has 176 valence electrons. The summed E-state index contributed by atoms with van der Waals surface area (Å²) in [5, 5.41) is 9.93. The third-order valence-electron chi connectivity index (χ3n) is 6.05. The van der Waals surface area contributed by atoms with Crippen LogP contribution in [0.25, 0.3) is 5.76 Å². The molecule has 2 N–H and O–H groups in total. The molecule has 1 atom stereocenters. The number of nitrogens with zero attached hydrogens (tertiary/aromatic N) is 2. The average Bonchev–Trinajstić information content (AvgIpc) is 2.86. The predicted molar refractivity (Wildman–Crippen MR) is 136 cm³/mol. The Kier molecular flexibility index (Phi) is 5.79. The molecule has 2 aliphatic heterocycles. The maximum atomic E-state index is 14.2. The molecule has 2 aliphatic rings. The molecule has 5 rings (SSSR count). The maximum absolute atomic E-state index is 14.2. The number of methoxy groups -OCH3 is 1. The van der Waals surface area contributed by atoms with Gasteiger partial charge in [-0.2, -0.15) is 5.26 Å². The van der Waals surface area contributed by atoms with E-state index in [2.05, 4.69) is 22.0 Å². The second kappa shape index (κ2) is 8.80. The Bertz CT molecular complexity index is 1520. The Hall–Kier alpha value is -3.74. The highest BCUT2D eigenvalue weighted by atomic mass is 79.9. The third kappa shape index (κ3) is 3.85. The predicted octanol–water partition coefficient (Wildman–Crippen LogP) is 4.98. The molecule has 0 fully saturated rings. The summed E-state index contributed by atoms with van der Waals surface area (Å²) in [5.74, 6) is -0.187. The van der Waals surface area contributed by atoms with Gasteiger partial charge in [-0.1, -0.05) is 52.3 Å². The van der Waals surface area contributed by atoms with Crippen LogP contribution in [0.2, 0.25) is 0 Å². The van der Waals surface area contributed by atoms with Crippen LogP contribution in [-0.2, 0) is 21.3 Å². The Labute approximate surface area is 211 Å². The average molecular weight is 550 g/mol. The van der Waals surface area contributed by atoms with E-state index in [0.29, 0.717) is 22.6 Å². The zero-order valence-corrected chi connectivity index (χ0v) is 21.0. The number of hydrogen-bond donors (Lipinski definition) is 1. The van der Waals surface area contributed by atoms with Crippen LogP contribution in [0.15, 0.2) is 93.6 Å². The highest BCUT2D eigenvalue weighted by Gasteiger charge is 2.47. The first-order valence-electron chi connectivity index (χ1n) is 10.7. The van der Waals surface area contributed by atoms with Gasteiger partial charge < -0.3 is 15.2 Å². The first kappa shape index (κ1) is 23.0. The van der Waals surface area contributed by atoms with Gasteiger partial charge in [-0.05, 0) is 47.5 Å². The number of nitrogens with two attached hydrogens (primary N) is 1. The van der Waals surface area contributed by atoms with Gasteiger partial charge in [-0.15, -0.1) is 0 Å². The van der Waals surface area contributed by atoms with Crippen molar-refractivity contribution in [2.24, 2.45) is 5.73 Å². The zero-order chi connectivity index (χ0) is 24.7. The smallest absolute Gasteiger partial charge is 0.265 e. The molecule has 0 radical (unpaired) electrons. The molecular formula is C26H20BrN3O4S. The fourth-order valence-electron chi connectivity index (χ4n) is 4.36. The lowest BCUT2D eigenvalue weighted by Gasteiger charge is -2.38. The van der Waals surface area contributed by atoms with Gasteiger partial charge in [0.25, 0.3) is 10.0 Å². The van der Waals surface area contributed by atoms with Gasteiger partial charge in [0.2, 0.25) is 5.88 Å². The van der Waals surface area contributed by atoms with E-state index < -0.39 is 15.9 Å². The Balaban J connectivity index is 1.72. The lowest BCUT2D eigenvalue weighted by Crippen LogP contribution is -2.39. The molecule has 0 saturated carbocycles. The van der Waals surface area contributed by atoms with E-state index in [1.54, 1.807) is 61.7 Å². The highest BCUT2D eigenvalue weighted by molar-refractivity contribution is 9.10. The Morgan fingerprint density at radius 3 is 2.43 bits per heavy atom. The summed E-state index contributed by atoms with van der Waals surface area (Å²) in [4.78, 5) is -0.00205. The fourth-order valence-corrected chi connectivity index (χ4v) is 6.54. The lowest BCUT2D eigenvalue weighted by atomic mass is 9.88.